The van der Waals surface area contributed by atoms with Crippen LogP contribution in [0.3, 0.4) is 0 Å². The topological polar surface area (TPSA) is 44.9 Å². The first kappa shape index (κ1) is 14.6. The Hall–Kier alpha value is -2.33. The first-order valence-corrected chi connectivity index (χ1v) is 7.22. The Labute approximate surface area is 132 Å². The monoisotopic (exact) mass is 316 g/mol. The van der Waals surface area contributed by atoms with Crippen LogP contribution in [0.4, 0.5) is 10.1 Å². The molecule has 5 heteroatoms. The largest absolute Gasteiger partial charge is 0.361 e. The van der Waals surface area contributed by atoms with E-state index in [-0.39, 0.29) is 18.1 Å². The van der Waals surface area contributed by atoms with E-state index in [0.29, 0.717) is 5.02 Å². The van der Waals surface area contributed by atoms with Crippen LogP contribution in [-0.4, -0.2) is 10.9 Å². The Balaban J connectivity index is 1.79. The summed E-state index contributed by atoms with van der Waals surface area (Å²) in [6.45, 7) is 1.88. The number of anilines is 1. The lowest BCUT2D eigenvalue weighted by atomic mass is 10.1. The van der Waals surface area contributed by atoms with Crippen molar-refractivity contribution in [3.05, 3.63) is 64.6 Å². The van der Waals surface area contributed by atoms with Crippen molar-refractivity contribution in [2.75, 3.05) is 5.32 Å². The molecular weight excluding hydrogens is 303 g/mol. The van der Waals surface area contributed by atoms with E-state index in [0.717, 1.165) is 27.7 Å². The molecule has 1 heterocycles. The van der Waals surface area contributed by atoms with Crippen molar-refractivity contribution in [1.29, 1.82) is 0 Å². The number of aryl methyl sites for hydroxylation is 1. The van der Waals surface area contributed by atoms with Gasteiger partial charge in [-0.15, -0.1) is 0 Å². The van der Waals surface area contributed by atoms with E-state index >= 15 is 0 Å². The second-order valence-corrected chi connectivity index (χ2v) is 5.62. The third kappa shape index (κ3) is 2.97. The van der Waals surface area contributed by atoms with Crippen LogP contribution in [0.2, 0.25) is 5.02 Å². The third-order valence-electron chi connectivity index (χ3n) is 3.54. The lowest BCUT2D eigenvalue weighted by Crippen LogP contribution is -2.14. The molecule has 3 aromatic rings. The zero-order chi connectivity index (χ0) is 15.7. The summed E-state index contributed by atoms with van der Waals surface area (Å²) in [5.41, 5.74) is 3.19. The molecule has 0 radical (unpaired) electrons. The Morgan fingerprint density at radius 1 is 1.27 bits per heavy atom. The van der Waals surface area contributed by atoms with Crippen molar-refractivity contribution in [2.45, 2.75) is 13.3 Å². The lowest BCUT2D eigenvalue weighted by Gasteiger charge is -2.08. The van der Waals surface area contributed by atoms with Crippen LogP contribution in [0.1, 0.15) is 11.1 Å². The minimum atomic E-state index is -0.317. The van der Waals surface area contributed by atoms with E-state index in [4.69, 9.17) is 11.6 Å². The Kier molecular flexibility index (Phi) is 3.86. The van der Waals surface area contributed by atoms with Crippen molar-refractivity contribution >= 4 is 34.1 Å². The normalized spacial score (nSPS) is 10.9. The second kappa shape index (κ2) is 5.81. The fourth-order valence-electron chi connectivity index (χ4n) is 2.43. The number of carbonyl (C=O) groups is 1. The van der Waals surface area contributed by atoms with Gasteiger partial charge in [0.2, 0.25) is 5.91 Å². The number of benzene rings is 2. The van der Waals surface area contributed by atoms with Gasteiger partial charge in [-0.1, -0.05) is 11.6 Å². The summed E-state index contributed by atoms with van der Waals surface area (Å²) in [4.78, 5) is 15.2. The van der Waals surface area contributed by atoms with Crippen LogP contribution in [0.25, 0.3) is 10.9 Å². The summed E-state index contributed by atoms with van der Waals surface area (Å²) in [6.07, 6.45) is 1.91. The Morgan fingerprint density at radius 2 is 2.09 bits per heavy atom. The molecule has 112 valence electrons. The van der Waals surface area contributed by atoms with Crippen LogP contribution in [0.15, 0.2) is 42.6 Å². The Bertz CT molecular complexity index is 857. The highest BCUT2D eigenvalue weighted by molar-refractivity contribution is 6.30. The molecule has 0 atom stereocenters. The first-order valence-electron chi connectivity index (χ1n) is 6.84. The number of hydrogen-bond donors (Lipinski definition) is 2. The molecule has 0 bridgehead atoms. The standard InChI is InChI=1S/C17H14ClFN2O/c1-10-6-12(18)2-4-15(10)21-17(22)7-11-9-20-16-5-3-13(19)8-14(11)16/h2-6,8-9,20H,7H2,1H3,(H,21,22). The quantitative estimate of drug-likeness (QED) is 0.736. The number of halogens is 2. The van der Waals surface area contributed by atoms with E-state index in [9.17, 15) is 9.18 Å². The van der Waals surface area contributed by atoms with Gasteiger partial charge in [0.05, 0.1) is 6.42 Å². The lowest BCUT2D eigenvalue weighted by molar-refractivity contribution is -0.115. The molecule has 0 spiro atoms. The summed E-state index contributed by atoms with van der Waals surface area (Å²) < 4.78 is 13.3. The molecule has 2 aromatic carbocycles. The zero-order valence-corrected chi connectivity index (χ0v) is 12.7. The van der Waals surface area contributed by atoms with Gasteiger partial charge in [0.1, 0.15) is 5.82 Å². The second-order valence-electron chi connectivity index (χ2n) is 5.19. The number of aromatic amines is 1. The van der Waals surface area contributed by atoms with Crippen molar-refractivity contribution in [1.82, 2.24) is 4.98 Å². The molecule has 3 rings (SSSR count). The molecule has 2 N–H and O–H groups in total. The molecule has 22 heavy (non-hydrogen) atoms. The van der Waals surface area contributed by atoms with E-state index in [1.807, 2.05) is 6.92 Å². The van der Waals surface area contributed by atoms with Crippen molar-refractivity contribution in [3.63, 3.8) is 0 Å². The predicted octanol–water partition coefficient (Wildman–Crippen LogP) is 4.45. The zero-order valence-electron chi connectivity index (χ0n) is 11.9. The van der Waals surface area contributed by atoms with Gasteiger partial charge >= 0.3 is 0 Å². The molecule has 3 nitrogen and oxygen atoms in total. The summed E-state index contributed by atoms with van der Waals surface area (Å²) >= 11 is 5.90. The maximum absolute atomic E-state index is 13.3. The van der Waals surface area contributed by atoms with Crippen molar-refractivity contribution < 1.29 is 9.18 Å². The highest BCUT2D eigenvalue weighted by atomic mass is 35.5. The minimum Gasteiger partial charge on any atom is -0.361 e. The van der Waals surface area contributed by atoms with Gasteiger partial charge in [-0.3, -0.25) is 4.79 Å². The number of H-pyrrole nitrogens is 1. The van der Waals surface area contributed by atoms with E-state index in [1.165, 1.54) is 12.1 Å². The number of aromatic nitrogens is 1. The molecular formula is C17H14ClFN2O. The van der Waals surface area contributed by atoms with Gasteiger partial charge in [0, 0.05) is 27.8 Å². The predicted molar refractivity (Wildman–Crippen MR) is 86.8 cm³/mol. The number of amides is 1. The smallest absolute Gasteiger partial charge is 0.228 e. The van der Waals surface area contributed by atoms with Gasteiger partial charge in [-0.25, -0.2) is 4.39 Å². The molecule has 0 aliphatic heterocycles. The van der Waals surface area contributed by atoms with Gasteiger partial charge < -0.3 is 10.3 Å². The fourth-order valence-corrected chi connectivity index (χ4v) is 2.66. The molecule has 1 aromatic heterocycles. The Morgan fingerprint density at radius 3 is 2.86 bits per heavy atom. The maximum atomic E-state index is 13.3. The van der Waals surface area contributed by atoms with Gasteiger partial charge in [-0.05, 0) is 54.4 Å². The van der Waals surface area contributed by atoms with Crippen LogP contribution in [0.5, 0.6) is 0 Å². The summed E-state index contributed by atoms with van der Waals surface area (Å²) in [5, 5.41) is 4.20. The van der Waals surface area contributed by atoms with E-state index in [2.05, 4.69) is 10.3 Å². The average Bonchev–Trinajstić information content (AvgIpc) is 2.84. The van der Waals surface area contributed by atoms with Crippen LogP contribution < -0.4 is 5.32 Å². The molecule has 0 fully saturated rings. The summed E-state index contributed by atoms with van der Waals surface area (Å²) in [6, 6.07) is 9.77. The van der Waals surface area contributed by atoms with Crippen molar-refractivity contribution in [3.8, 4) is 0 Å². The molecule has 0 saturated carbocycles. The summed E-state index contributed by atoms with van der Waals surface area (Å²) in [5.74, 6) is -0.474. The molecule has 0 aliphatic carbocycles. The van der Waals surface area contributed by atoms with E-state index < -0.39 is 0 Å². The van der Waals surface area contributed by atoms with Crippen LogP contribution in [0, 0.1) is 12.7 Å². The number of carbonyl (C=O) groups excluding carboxylic acids is 1. The molecule has 0 aliphatic rings. The highest BCUT2D eigenvalue weighted by Gasteiger charge is 2.11. The third-order valence-corrected chi connectivity index (χ3v) is 3.78. The van der Waals surface area contributed by atoms with E-state index in [1.54, 1.807) is 30.5 Å². The van der Waals surface area contributed by atoms with Gasteiger partial charge in [-0.2, -0.15) is 0 Å². The fraction of sp³-hybridized carbons (Fsp3) is 0.118. The van der Waals surface area contributed by atoms with Crippen LogP contribution in [-0.2, 0) is 11.2 Å². The van der Waals surface area contributed by atoms with Gasteiger partial charge in [0.15, 0.2) is 0 Å². The van der Waals surface area contributed by atoms with Crippen molar-refractivity contribution in [2.24, 2.45) is 0 Å². The number of rotatable bonds is 3. The molecule has 0 saturated heterocycles. The summed E-state index contributed by atoms with van der Waals surface area (Å²) in [7, 11) is 0. The first-order chi connectivity index (χ1) is 10.5. The van der Waals surface area contributed by atoms with Gasteiger partial charge in [0.25, 0.3) is 0 Å². The molecule has 0 unspecified atom stereocenters. The van der Waals surface area contributed by atoms with Crippen LogP contribution >= 0.6 is 11.6 Å². The maximum Gasteiger partial charge on any atom is 0.228 e. The minimum absolute atomic E-state index is 0.157. The highest BCUT2D eigenvalue weighted by Crippen LogP contribution is 2.22. The number of hydrogen-bond acceptors (Lipinski definition) is 1. The number of nitrogens with one attached hydrogen (secondary N) is 2. The average molecular weight is 317 g/mol. The number of fused-ring (bicyclic) bond motifs is 1. The SMILES string of the molecule is Cc1cc(Cl)ccc1NC(=O)Cc1c[nH]c2ccc(F)cc12. The molecule has 1 amide bonds.